The molecule has 5 nitrogen and oxygen atoms in total. The molecule has 0 aliphatic heterocycles. The second-order valence-electron chi connectivity index (χ2n) is 4.30. The Bertz CT molecular complexity index is 410. The van der Waals surface area contributed by atoms with E-state index in [4.69, 9.17) is 5.26 Å². The zero-order valence-corrected chi connectivity index (χ0v) is 10.7. The van der Waals surface area contributed by atoms with E-state index in [1.54, 1.807) is 0 Å². The van der Waals surface area contributed by atoms with Crippen LogP contribution in [0.4, 0.5) is 0 Å². The first-order chi connectivity index (χ1) is 8.01. The van der Waals surface area contributed by atoms with Crippen LogP contribution in [0.25, 0.3) is 0 Å². The zero-order chi connectivity index (χ0) is 12.9. The van der Waals surface area contributed by atoms with Crippen molar-refractivity contribution in [3.8, 4) is 6.07 Å². The number of rotatable bonds is 3. The van der Waals surface area contributed by atoms with Crippen LogP contribution in [0.15, 0.2) is 0 Å². The highest BCUT2D eigenvalue weighted by Gasteiger charge is 2.35. The molecule has 2 unspecified atom stereocenters. The molecule has 0 aromatic carbocycles. The molecule has 1 aliphatic carbocycles. The highest BCUT2D eigenvalue weighted by molar-refractivity contribution is 7.92. The summed E-state index contributed by atoms with van der Waals surface area (Å²) in [7, 11) is -2.42. The summed E-state index contributed by atoms with van der Waals surface area (Å²) in [6, 6.07) is 2.06. The van der Waals surface area contributed by atoms with Gasteiger partial charge < -0.3 is 4.74 Å². The van der Waals surface area contributed by atoms with E-state index in [0.29, 0.717) is 12.8 Å². The molecule has 2 atom stereocenters. The van der Waals surface area contributed by atoms with Crippen molar-refractivity contribution < 1.29 is 17.9 Å². The van der Waals surface area contributed by atoms with Crippen molar-refractivity contribution in [1.29, 1.82) is 5.26 Å². The standard InChI is InChI=1S/C11H17NO4S/c1-16-11(13)8-17(14,15)10-6-4-2-3-5-9(10)7-12/h9-10H,2-6,8H2,1H3. The van der Waals surface area contributed by atoms with Crippen LogP contribution in [-0.2, 0) is 19.4 Å². The molecule has 0 amide bonds. The summed E-state index contributed by atoms with van der Waals surface area (Å²) in [6.45, 7) is 0. The molecular formula is C11H17NO4S. The largest absolute Gasteiger partial charge is 0.468 e. The van der Waals surface area contributed by atoms with Crippen molar-refractivity contribution >= 4 is 15.8 Å². The Morgan fingerprint density at radius 3 is 2.59 bits per heavy atom. The van der Waals surface area contributed by atoms with Gasteiger partial charge in [0.25, 0.3) is 0 Å². The van der Waals surface area contributed by atoms with Crippen LogP contribution in [-0.4, -0.2) is 32.5 Å². The van der Waals surface area contributed by atoms with E-state index in [-0.39, 0.29) is 0 Å². The van der Waals surface area contributed by atoms with Crippen molar-refractivity contribution in [2.75, 3.05) is 12.9 Å². The maximum atomic E-state index is 12.0. The predicted octanol–water partition coefficient (Wildman–Crippen LogP) is 1.05. The normalized spacial score (nSPS) is 25.6. The average Bonchev–Trinajstić information content (AvgIpc) is 2.53. The molecule has 6 heteroatoms. The fourth-order valence-corrected chi connectivity index (χ4v) is 4.07. The van der Waals surface area contributed by atoms with Crippen molar-refractivity contribution in [2.24, 2.45) is 5.92 Å². The lowest BCUT2D eigenvalue weighted by molar-refractivity contribution is -0.137. The lowest BCUT2D eigenvalue weighted by atomic mass is 10.0. The van der Waals surface area contributed by atoms with E-state index >= 15 is 0 Å². The van der Waals surface area contributed by atoms with Gasteiger partial charge in [0.1, 0.15) is 5.75 Å². The summed E-state index contributed by atoms with van der Waals surface area (Å²) in [5.41, 5.74) is 0. The summed E-state index contributed by atoms with van der Waals surface area (Å²) < 4.78 is 28.4. The van der Waals surface area contributed by atoms with Crippen LogP contribution >= 0.6 is 0 Å². The van der Waals surface area contributed by atoms with Gasteiger partial charge in [0.15, 0.2) is 9.84 Å². The molecule has 0 heterocycles. The first-order valence-electron chi connectivity index (χ1n) is 5.69. The summed E-state index contributed by atoms with van der Waals surface area (Å²) in [5.74, 6) is -1.87. The first-order valence-corrected chi connectivity index (χ1v) is 7.41. The smallest absolute Gasteiger partial charge is 0.320 e. The average molecular weight is 259 g/mol. The molecule has 0 bridgehead atoms. The minimum atomic E-state index is -3.58. The van der Waals surface area contributed by atoms with E-state index in [2.05, 4.69) is 10.8 Å². The summed E-state index contributed by atoms with van der Waals surface area (Å²) in [4.78, 5) is 11.1. The Labute approximate surface area is 102 Å². The zero-order valence-electron chi connectivity index (χ0n) is 9.89. The number of esters is 1. The van der Waals surface area contributed by atoms with Gasteiger partial charge in [-0.3, -0.25) is 4.79 Å². The van der Waals surface area contributed by atoms with Gasteiger partial charge in [-0.1, -0.05) is 19.3 Å². The van der Waals surface area contributed by atoms with E-state index in [1.165, 1.54) is 0 Å². The van der Waals surface area contributed by atoms with E-state index in [9.17, 15) is 13.2 Å². The second kappa shape index (κ2) is 6.01. The van der Waals surface area contributed by atoms with Gasteiger partial charge in [0, 0.05) is 0 Å². The minimum Gasteiger partial charge on any atom is -0.468 e. The topological polar surface area (TPSA) is 84.2 Å². The van der Waals surface area contributed by atoms with Crippen molar-refractivity contribution in [2.45, 2.75) is 37.4 Å². The Balaban J connectivity index is 2.86. The molecule has 1 rings (SSSR count). The van der Waals surface area contributed by atoms with E-state index < -0.39 is 32.7 Å². The maximum Gasteiger partial charge on any atom is 0.320 e. The van der Waals surface area contributed by atoms with Gasteiger partial charge in [0.05, 0.1) is 24.3 Å². The molecule has 1 saturated carbocycles. The number of sulfone groups is 1. The fraction of sp³-hybridized carbons (Fsp3) is 0.818. The van der Waals surface area contributed by atoms with Gasteiger partial charge in [-0.25, -0.2) is 8.42 Å². The van der Waals surface area contributed by atoms with Crippen molar-refractivity contribution in [3.05, 3.63) is 0 Å². The highest BCUT2D eigenvalue weighted by Crippen LogP contribution is 2.28. The van der Waals surface area contributed by atoms with Crippen molar-refractivity contribution in [3.63, 3.8) is 0 Å². The van der Waals surface area contributed by atoms with Gasteiger partial charge in [-0.15, -0.1) is 0 Å². The maximum absolute atomic E-state index is 12.0. The Kier molecular flexibility index (Phi) is 4.94. The van der Waals surface area contributed by atoms with Gasteiger partial charge in [-0.05, 0) is 12.8 Å². The van der Waals surface area contributed by atoms with Gasteiger partial charge >= 0.3 is 5.97 Å². The molecular weight excluding hydrogens is 242 g/mol. The number of carbonyl (C=O) groups is 1. The van der Waals surface area contributed by atoms with E-state index in [0.717, 1.165) is 26.4 Å². The highest BCUT2D eigenvalue weighted by atomic mass is 32.2. The molecule has 17 heavy (non-hydrogen) atoms. The summed E-state index contributed by atoms with van der Waals surface area (Å²) in [6.07, 6.45) is 3.69. The van der Waals surface area contributed by atoms with Crippen LogP contribution in [0.2, 0.25) is 0 Å². The summed E-state index contributed by atoms with van der Waals surface area (Å²) in [5, 5.41) is 8.30. The molecule has 96 valence electrons. The van der Waals surface area contributed by atoms with Crippen LogP contribution in [0.1, 0.15) is 32.1 Å². The molecule has 0 aromatic rings. The minimum absolute atomic E-state index is 0.470. The Morgan fingerprint density at radius 1 is 1.35 bits per heavy atom. The SMILES string of the molecule is COC(=O)CS(=O)(=O)C1CCCCCC1C#N. The monoisotopic (exact) mass is 259 g/mol. The molecule has 0 N–H and O–H groups in total. The second-order valence-corrected chi connectivity index (χ2v) is 6.52. The van der Waals surface area contributed by atoms with Crippen LogP contribution < -0.4 is 0 Å². The lowest BCUT2D eigenvalue weighted by Gasteiger charge is -2.18. The Morgan fingerprint density at radius 2 is 2.00 bits per heavy atom. The number of nitriles is 1. The number of hydrogen-bond donors (Lipinski definition) is 0. The van der Waals surface area contributed by atoms with E-state index in [1.807, 2.05) is 0 Å². The van der Waals surface area contributed by atoms with Crippen LogP contribution in [0.3, 0.4) is 0 Å². The third kappa shape index (κ3) is 3.70. The Hall–Kier alpha value is -1.09. The van der Waals surface area contributed by atoms with Crippen molar-refractivity contribution in [1.82, 2.24) is 0 Å². The fourth-order valence-electron chi connectivity index (χ4n) is 2.18. The molecule has 0 spiro atoms. The molecule has 0 radical (unpaired) electrons. The molecule has 1 fully saturated rings. The third-order valence-electron chi connectivity index (χ3n) is 3.13. The van der Waals surface area contributed by atoms with Crippen LogP contribution in [0.5, 0.6) is 0 Å². The molecule has 0 aromatic heterocycles. The number of methoxy groups -OCH3 is 1. The lowest BCUT2D eigenvalue weighted by Crippen LogP contribution is -2.33. The molecule has 1 aliphatic rings. The predicted molar refractivity (Wildman–Crippen MR) is 61.8 cm³/mol. The number of ether oxygens (including phenoxy) is 1. The van der Waals surface area contributed by atoms with Gasteiger partial charge in [-0.2, -0.15) is 5.26 Å². The summed E-state index contributed by atoms with van der Waals surface area (Å²) >= 11 is 0. The molecule has 0 saturated heterocycles. The number of hydrogen-bond acceptors (Lipinski definition) is 5. The van der Waals surface area contributed by atoms with Gasteiger partial charge in [0.2, 0.25) is 0 Å². The number of carbonyl (C=O) groups excluding carboxylic acids is 1. The quantitative estimate of drug-likeness (QED) is 0.558. The van der Waals surface area contributed by atoms with Crippen LogP contribution in [0, 0.1) is 17.2 Å². The number of nitrogens with zero attached hydrogens (tertiary/aromatic N) is 1. The third-order valence-corrected chi connectivity index (χ3v) is 5.25. The first kappa shape index (κ1) is 14.0.